The normalized spacial score (nSPS) is 18.2. The van der Waals surface area contributed by atoms with E-state index in [1.165, 1.54) is 6.20 Å². The van der Waals surface area contributed by atoms with Gasteiger partial charge in [-0.15, -0.1) is 0 Å². The predicted molar refractivity (Wildman–Crippen MR) is 106 cm³/mol. The number of hydrogen-bond acceptors (Lipinski definition) is 7. The number of piperidine rings is 1. The highest BCUT2D eigenvalue weighted by atomic mass is 15.1. The van der Waals surface area contributed by atoms with Crippen molar-refractivity contribution in [3.8, 4) is 0 Å². The molecule has 1 saturated heterocycles. The molecule has 0 aromatic carbocycles. The fourth-order valence-corrected chi connectivity index (χ4v) is 3.02. The Kier molecular flexibility index (Phi) is 5.91. The SMILES string of the molecule is CN=CC(=CN)c1nc(Nc2cc(C)ccn2)cc(C2CCCNC2)n1. The lowest BCUT2D eigenvalue weighted by molar-refractivity contribution is 0.454. The lowest BCUT2D eigenvalue weighted by Crippen LogP contribution is -2.29. The molecule has 7 nitrogen and oxygen atoms in total. The van der Waals surface area contributed by atoms with Crippen molar-refractivity contribution in [2.24, 2.45) is 10.7 Å². The second-order valence-corrected chi connectivity index (χ2v) is 6.40. The molecule has 0 amide bonds. The summed E-state index contributed by atoms with van der Waals surface area (Å²) >= 11 is 0. The van der Waals surface area contributed by atoms with Gasteiger partial charge in [0.15, 0.2) is 5.82 Å². The van der Waals surface area contributed by atoms with Gasteiger partial charge in [0.05, 0.1) is 11.3 Å². The number of pyridine rings is 1. The summed E-state index contributed by atoms with van der Waals surface area (Å²) in [5, 5.41) is 6.73. The molecule has 0 saturated carbocycles. The number of nitrogens with zero attached hydrogens (tertiary/aromatic N) is 4. The first-order valence-corrected chi connectivity index (χ1v) is 8.83. The van der Waals surface area contributed by atoms with Crippen molar-refractivity contribution in [2.45, 2.75) is 25.7 Å². The van der Waals surface area contributed by atoms with Crippen LogP contribution in [0.4, 0.5) is 11.6 Å². The fourth-order valence-electron chi connectivity index (χ4n) is 3.02. The van der Waals surface area contributed by atoms with E-state index in [-0.39, 0.29) is 0 Å². The molecule has 136 valence electrons. The third-order valence-corrected chi connectivity index (χ3v) is 4.34. The van der Waals surface area contributed by atoms with E-state index in [4.69, 9.17) is 10.7 Å². The molecule has 1 aliphatic heterocycles. The molecule has 1 aliphatic rings. The van der Waals surface area contributed by atoms with Crippen LogP contribution in [-0.2, 0) is 0 Å². The van der Waals surface area contributed by atoms with Gasteiger partial charge < -0.3 is 16.4 Å². The molecule has 7 heteroatoms. The molecule has 1 atom stereocenters. The highest BCUT2D eigenvalue weighted by Crippen LogP contribution is 2.25. The maximum Gasteiger partial charge on any atom is 0.164 e. The van der Waals surface area contributed by atoms with Crippen molar-refractivity contribution in [1.29, 1.82) is 0 Å². The zero-order valence-corrected chi connectivity index (χ0v) is 15.2. The van der Waals surface area contributed by atoms with Crippen LogP contribution in [0.5, 0.6) is 0 Å². The Balaban J connectivity index is 1.98. The van der Waals surface area contributed by atoms with E-state index in [9.17, 15) is 0 Å². The summed E-state index contributed by atoms with van der Waals surface area (Å²) in [6, 6.07) is 5.95. The van der Waals surface area contributed by atoms with Crippen molar-refractivity contribution >= 4 is 23.4 Å². The standard InChI is InChI=1S/C19H25N7/c1-13-5-7-23-17(8-13)25-18-9-16(14-4-3-6-22-12-14)24-19(26-18)15(10-20)11-21-2/h5,7-11,14,22H,3-4,6,12,20H2,1-2H3,(H,23,24,25,26). The number of allylic oxidation sites excluding steroid dienone is 1. The van der Waals surface area contributed by atoms with Gasteiger partial charge in [0.1, 0.15) is 11.6 Å². The number of rotatable bonds is 5. The van der Waals surface area contributed by atoms with Crippen LogP contribution in [0, 0.1) is 6.92 Å². The average Bonchev–Trinajstić information content (AvgIpc) is 2.66. The minimum atomic E-state index is 0.356. The Morgan fingerprint density at radius 3 is 2.92 bits per heavy atom. The summed E-state index contributed by atoms with van der Waals surface area (Å²) in [4.78, 5) is 17.8. The van der Waals surface area contributed by atoms with Crippen LogP contribution in [0.3, 0.4) is 0 Å². The summed E-state index contributed by atoms with van der Waals surface area (Å²) in [7, 11) is 1.70. The van der Waals surface area contributed by atoms with Crippen LogP contribution in [0.25, 0.3) is 5.57 Å². The molecule has 1 fully saturated rings. The molecular formula is C19H25N7. The molecule has 2 aromatic heterocycles. The number of nitrogens with two attached hydrogens (primary N) is 1. The van der Waals surface area contributed by atoms with E-state index in [0.29, 0.717) is 23.1 Å². The Labute approximate surface area is 153 Å². The molecule has 4 N–H and O–H groups in total. The third kappa shape index (κ3) is 4.43. The molecule has 26 heavy (non-hydrogen) atoms. The minimum absolute atomic E-state index is 0.356. The van der Waals surface area contributed by atoms with E-state index in [2.05, 4.69) is 25.6 Å². The lowest BCUT2D eigenvalue weighted by Gasteiger charge is -2.23. The number of aromatic nitrogens is 3. The molecule has 2 aromatic rings. The number of hydrogen-bond donors (Lipinski definition) is 3. The smallest absolute Gasteiger partial charge is 0.164 e. The Morgan fingerprint density at radius 1 is 1.35 bits per heavy atom. The molecule has 0 spiro atoms. The monoisotopic (exact) mass is 351 g/mol. The van der Waals surface area contributed by atoms with Gasteiger partial charge in [-0.2, -0.15) is 0 Å². The van der Waals surface area contributed by atoms with Crippen molar-refractivity contribution in [1.82, 2.24) is 20.3 Å². The molecule has 0 aliphatic carbocycles. The largest absolute Gasteiger partial charge is 0.404 e. The van der Waals surface area contributed by atoms with E-state index >= 15 is 0 Å². The first-order valence-electron chi connectivity index (χ1n) is 8.83. The van der Waals surface area contributed by atoms with E-state index < -0.39 is 0 Å². The lowest BCUT2D eigenvalue weighted by atomic mass is 9.95. The second kappa shape index (κ2) is 8.53. The Morgan fingerprint density at radius 2 is 2.23 bits per heavy atom. The van der Waals surface area contributed by atoms with Crippen LogP contribution in [0.1, 0.15) is 35.8 Å². The van der Waals surface area contributed by atoms with Gasteiger partial charge in [-0.1, -0.05) is 0 Å². The summed E-state index contributed by atoms with van der Waals surface area (Å²) < 4.78 is 0. The number of nitrogens with one attached hydrogen (secondary N) is 2. The average molecular weight is 351 g/mol. The maximum absolute atomic E-state index is 5.76. The quantitative estimate of drug-likeness (QED) is 0.715. The maximum atomic E-state index is 5.76. The minimum Gasteiger partial charge on any atom is -0.404 e. The van der Waals surface area contributed by atoms with E-state index in [1.807, 2.05) is 25.1 Å². The molecule has 3 heterocycles. The van der Waals surface area contributed by atoms with Crippen molar-refractivity contribution < 1.29 is 0 Å². The molecule has 3 rings (SSSR count). The Hall–Kier alpha value is -2.80. The number of anilines is 2. The number of aryl methyl sites for hydroxylation is 1. The first-order chi connectivity index (χ1) is 12.7. The van der Waals surface area contributed by atoms with Gasteiger partial charge in [-0.3, -0.25) is 4.99 Å². The van der Waals surface area contributed by atoms with Gasteiger partial charge in [-0.25, -0.2) is 15.0 Å². The van der Waals surface area contributed by atoms with Crippen LogP contribution < -0.4 is 16.4 Å². The van der Waals surface area contributed by atoms with Gasteiger partial charge >= 0.3 is 0 Å². The summed E-state index contributed by atoms with van der Waals surface area (Å²) in [5.74, 6) is 2.38. The predicted octanol–water partition coefficient (Wildman–Crippen LogP) is 2.39. The summed E-state index contributed by atoms with van der Waals surface area (Å²) in [5.41, 5.74) is 8.59. The van der Waals surface area contributed by atoms with Crippen molar-refractivity contribution in [3.05, 3.63) is 47.7 Å². The number of aliphatic imine (C=N–C) groups is 1. The van der Waals surface area contributed by atoms with Crippen LogP contribution in [0.15, 0.2) is 35.6 Å². The molecule has 0 radical (unpaired) electrons. The Bertz CT molecular complexity index is 807. The third-order valence-electron chi connectivity index (χ3n) is 4.34. The zero-order valence-electron chi connectivity index (χ0n) is 15.2. The van der Waals surface area contributed by atoms with Crippen LogP contribution in [-0.4, -0.2) is 41.3 Å². The molecule has 1 unspecified atom stereocenters. The first kappa shape index (κ1) is 18.0. The highest BCUT2D eigenvalue weighted by Gasteiger charge is 2.19. The van der Waals surface area contributed by atoms with Gasteiger partial charge in [0, 0.05) is 44.2 Å². The second-order valence-electron chi connectivity index (χ2n) is 6.40. The summed E-state index contributed by atoms with van der Waals surface area (Å²) in [6.07, 6.45) is 7.19. The van der Waals surface area contributed by atoms with E-state index in [0.717, 1.165) is 43.0 Å². The summed E-state index contributed by atoms with van der Waals surface area (Å²) in [6.45, 7) is 4.01. The van der Waals surface area contributed by atoms with Gasteiger partial charge in [0.2, 0.25) is 0 Å². The highest BCUT2D eigenvalue weighted by molar-refractivity contribution is 6.08. The van der Waals surface area contributed by atoms with Crippen LogP contribution in [0.2, 0.25) is 0 Å². The molecular weight excluding hydrogens is 326 g/mol. The van der Waals surface area contributed by atoms with Crippen molar-refractivity contribution in [3.63, 3.8) is 0 Å². The molecule has 0 bridgehead atoms. The van der Waals surface area contributed by atoms with Crippen LogP contribution >= 0.6 is 0 Å². The van der Waals surface area contributed by atoms with Gasteiger partial charge in [0.25, 0.3) is 0 Å². The van der Waals surface area contributed by atoms with E-state index in [1.54, 1.807) is 19.5 Å². The zero-order chi connectivity index (χ0) is 18.4. The van der Waals surface area contributed by atoms with Crippen molar-refractivity contribution in [2.75, 3.05) is 25.5 Å². The topological polar surface area (TPSA) is 101 Å². The van der Waals surface area contributed by atoms with Gasteiger partial charge in [-0.05, 0) is 44.0 Å². The fraction of sp³-hybridized carbons (Fsp3) is 0.368.